The van der Waals surface area contributed by atoms with Crippen LogP contribution in [0.5, 0.6) is 0 Å². The maximum absolute atomic E-state index is 6.05. The average molecular weight is 494 g/mol. The fourth-order valence-corrected chi connectivity index (χ4v) is 5.55. The van der Waals surface area contributed by atoms with E-state index < -0.39 is 0 Å². The highest BCUT2D eigenvalue weighted by Gasteiger charge is 2.66. The van der Waals surface area contributed by atoms with Gasteiger partial charge in [0, 0.05) is 54.2 Å². The van der Waals surface area contributed by atoms with Gasteiger partial charge in [-0.1, -0.05) is 24.6 Å². The van der Waals surface area contributed by atoms with Crippen LogP contribution in [0.25, 0.3) is 10.9 Å². The number of guanidine groups is 1. The van der Waals surface area contributed by atoms with Gasteiger partial charge >= 0.3 is 0 Å². The Morgan fingerprint density at radius 2 is 2.18 bits per heavy atom. The van der Waals surface area contributed by atoms with Crippen LogP contribution in [-0.2, 0) is 11.2 Å². The SMILES string of the molecule is CCNC(=NCCc1c[nH]c2ccccc12)NC1C2CCOC2C12CCC2.I. The molecule has 3 fully saturated rings. The molecule has 3 N–H and O–H groups in total. The van der Waals surface area contributed by atoms with Crippen LogP contribution in [0.4, 0.5) is 0 Å². The first-order valence-electron chi connectivity index (χ1n) is 10.5. The smallest absolute Gasteiger partial charge is 0.191 e. The van der Waals surface area contributed by atoms with E-state index >= 15 is 0 Å². The number of hydrogen-bond donors (Lipinski definition) is 3. The Kier molecular flexibility index (Phi) is 5.88. The van der Waals surface area contributed by atoms with E-state index in [2.05, 4.69) is 53.0 Å². The van der Waals surface area contributed by atoms with Gasteiger partial charge in [-0.2, -0.15) is 0 Å². The summed E-state index contributed by atoms with van der Waals surface area (Å²) in [7, 11) is 0. The van der Waals surface area contributed by atoms with Crippen molar-refractivity contribution in [2.24, 2.45) is 16.3 Å². The lowest BCUT2D eigenvalue weighted by Gasteiger charge is -2.63. The normalized spacial score (nSPS) is 27.6. The molecule has 0 bridgehead atoms. The summed E-state index contributed by atoms with van der Waals surface area (Å²) in [5.74, 6) is 1.64. The van der Waals surface area contributed by atoms with E-state index in [0.717, 1.165) is 32.1 Å². The Balaban J connectivity index is 0.00000192. The third-order valence-corrected chi connectivity index (χ3v) is 7.00. The Labute approximate surface area is 184 Å². The molecule has 5 nitrogen and oxygen atoms in total. The number of para-hydroxylation sites is 1. The first-order valence-corrected chi connectivity index (χ1v) is 10.5. The van der Waals surface area contributed by atoms with Gasteiger partial charge in [0.05, 0.1) is 6.10 Å². The van der Waals surface area contributed by atoms with Crippen LogP contribution in [0.3, 0.4) is 0 Å². The lowest BCUT2D eigenvalue weighted by atomic mass is 9.46. The second kappa shape index (κ2) is 8.22. The van der Waals surface area contributed by atoms with Crippen molar-refractivity contribution in [1.29, 1.82) is 0 Å². The number of hydrogen-bond acceptors (Lipinski definition) is 2. The van der Waals surface area contributed by atoms with Crippen molar-refractivity contribution in [2.75, 3.05) is 19.7 Å². The average Bonchev–Trinajstić information content (AvgIpc) is 3.24. The van der Waals surface area contributed by atoms with E-state index in [1.54, 1.807) is 0 Å². The second-order valence-corrected chi connectivity index (χ2v) is 8.32. The highest BCUT2D eigenvalue weighted by molar-refractivity contribution is 14.0. The Morgan fingerprint density at radius 1 is 1.32 bits per heavy atom. The minimum Gasteiger partial charge on any atom is -0.377 e. The quantitative estimate of drug-likeness (QED) is 0.336. The van der Waals surface area contributed by atoms with Crippen molar-refractivity contribution < 1.29 is 4.74 Å². The maximum Gasteiger partial charge on any atom is 0.191 e. The van der Waals surface area contributed by atoms with Gasteiger partial charge in [-0.15, -0.1) is 24.0 Å². The van der Waals surface area contributed by atoms with Gasteiger partial charge in [0.2, 0.25) is 0 Å². The van der Waals surface area contributed by atoms with Crippen LogP contribution in [0.2, 0.25) is 0 Å². The van der Waals surface area contributed by atoms with Crippen LogP contribution in [-0.4, -0.2) is 42.8 Å². The summed E-state index contributed by atoms with van der Waals surface area (Å²) < 4.78 is 6.05. The molecule has 2 saturated carbocycles. The first kappa shape index (κ1) is 20.0. The largest absolute Gasteiger partial charge is 0.377 e. The Bertz CT molecular complexity index is 844. The van der Waals surface area contributed by atoms with Gasteiger partial charge in [0.1, 0.15) is 0 Å². The molecular weight excluding hydrogens is 463 g/mol. The number of aliphatic imine (C=N–C) groups is 1. The number of ether oxygens (including phenoxy) is 1. The highest BCUT2D eigenvalue weighted by Crippen LogP contribution is 2.62. The minimum absolute atomic E-state index is 0. The van der Waals surface area contributed by atoms with Crippen molar-refractivity contribution in [3.8, 4) is 0 Å². The summed E-state index contributed by atoms with van der Waals surface area (Å²) in [4.78, 5) is 8.25. The van der Waals surface area contributed by atoms with Crippen LogP contribution in [0.1, 0.15) is 38.2 Å². The molecule has 1 saturated heterocycles. The molecule has 2 aliphatic carbocycles. The predicted molar refractivity (Wildman–Crippen MR) is 124 cm³/mol. The molecule has 3 atom stereocenters. The van der Waals surface area contributed by atoms with E-state index in [1.807, 2.05) is 0 Å². The zero-order valence-corrected chi connectivity index (χ0v) is 18.9. The summed E-state index contributed by atoms with van der Waals surface area (Å²) in [6, 6.07) is 9.02. The molecule has 152 valence electrons. The molecule has 1 aliphatic heterocycles. The van der Waals surface area contributed by atoms with E-state index in [-0.39, 0.29) is 24.0 Å². The topological polar surface area (TPSA) is 61.4 Å². The molecule has 6 heteroatoms. The fraction of sp³-hybridized carbons (Fsp3) is 0.591. The highest BCUT2D eigenvalue weighted by atomic mass is 127. The fourth-order valence-electron chi connectivity index (χ4n) is 5.55. The molecule has 28 heavy (non-hydrogen) atoms. The van der Waals surface area contributed by atoms with E-state index in [9.17, 15) is 0 Å². The van der Waals surface area contributed by atoms with Crippen LogP contribution in [0.15, 0.2) is 35.5 Å². The van der Waals surface area contributed by atoms with Crippen molar-refractivity contribution in [2.45, 2.75) is 51.2 Å². The number of H-pyrrole nitrogens is 1. The number of benzene rings is 1. The van der Waals surface area contributed by atoms with Crippen molar-refractivity contribution >= 4 is 40.8 Å². The number of nitrogens with one attached hydrogen (secondary N) is 3. The van der Waals surface area contributed by atoms with E-state index in [0.29, 0.717) is 23.5 Å². The standard InChI is InChI=1S/C22H30N4O.HI/c1-2-23-21(24-12-8-15-14-25-18-7-4-3-6-16(15)18)26-19-17-9-13-27-20(17)22(19)10-5-11-22;/h3-4,6-7,14,17,19-20,25H,2,5,8-13H2,1H3,(H2,23,24,26);1H. The Morgan fingerprint density at radius 3 is 2.96 bits per heavy atom. The number of rotatable bonds is 5. The molecule has 1 aromatic heterocycles. The molecule has 0 radical (unpaired) electrons. The molecule has 2 heterocycles. The second-order valence-electron chi connectivity index (χ2n) is 8.32. The van der Waals surface area contributed by atoms with E-state index in [1.165, 1.54) is 42.1 Å². The van der Waals surface area contributed by atoms with Crippen LogP contribution < -0.4 is 10.6 Å². The summed E-state index contributed by atoms with van der Waals surface area (Å²) in [6.07, 6.45) is 8.72. The summed E-state index contributed by atoms with van der Waals surface area (Å²) >= 11 is 0. The maximum atomic E-state index is 6.05. The molecule has 3 aliphatic rings. The van der Waals surface area contributed by atoms with Crippen molar-refractivity contribution in [1.82, 2.24) is 15.6 Å². The number of halogens is 1. The molecule has 3 unspecified atom stereocenters. The number of aromatic nitrogens is 1. The van der Waals surface area contributed by atoms with Gasteiger partial charge in [-0.25, -0.2) is 0 Å². The van der Waals surface area contributed by atoms with Crippen molar-refractivity contribution in [3.05, 3.63) is 36.0 Å². The number of fused-ring (bicyclic) bond motifs is 3. The zero-order valence-electron chi connectivity index (χ0n) is 16.5. The number of aromatic amines is 1. The van der Waals surface area contributed by atoms with E-state index in [4.69, 9.17) is 9.73 Å². The van der Waals surface area contributed by atoms with Crippen LogP contribution >= 0.6 is 24.0 Å². The van der Waals surface area contributed by atoms with Gasteiger partial charge in [-0.3, -0.25) is 4.99 Å². The molecule has 0 amide bonds. The monoisotopic (exact) mass is 494 g/mol. The van der Waals surface area contributed by atoms with Gasteiger partial charge in [0.25, 0.3) is 0 Å². The zero-order chi connectivity index (χ0) is 18.3. The first-order chi connectivity index (χ1) is 13.3. The lowest BCUT2D eigenvalue weighted by Crippen LogP contribution is -2.72. The number of nitrogens with zero attached hydrogens (tertiary/aromatic N) is 1. The third kappa shape index (κ3) is 3.22. The lowest BCUT2D eigenvalue weighted by molar-refractivity contribution is -0.171. The Hall–Kier alpha value is -1.28. The molecule has 5 rings (SSSR count). The van der Waals surface area contributed by atoms with Gasteiger partial charge < -0.3 is 20.4 Å². The predicted octanol–water partition coefficient (Wildman–Crippen LogP) is 3.84. The molecule has 1 spiro atoms. The molecule has 1 aromatic carbocycles. The van der Waals surface area contributed by atoms with Gasteiger partial charge in [0.15, 0.2) is 5.96 Å². The molecule has 2 aromatic rings. The summed E-state index contributed by atoms with van der Waals surface area (Å²) in [6.45, 7) is 4.76. The van der Waals surface area contributed by atoms with Crippen molar-refractivity contribution in [3.63, 3.8) is 0 Å². The minimum atomic E-state index is 0. The van der Waals surface area contributed by atoms with Gasteiger partial charge in [-0.05, 0) is 44.2 Å². The summed E-state index contributed by atoms with van der Waals surface area (Å²) in [5, 5.41) is 8.55. The third-order valence-electron chi connectivity index (χ3n) is 7.00. The van der Waals surface area contributed by atoms with Crippen LogP contribution in [0, 0.1) is 11.3 Å². The summed E-state index contributed by atoms with van der Waals surface area (Å²) in [5.41, 5.74) is 2.93. The molecular formula is C22H31IN4O.